The molecule has 0 spiro atoms. The fraction of sp³-hybridized carbons (Fsp3) is 0.350. The molecular formula is C20H23N3O. The van der Waals surface area contributed by atoms with Crippen LogP contribution in [0, 0.1) is 5.21 Å². The molecule has 1 saturated heterocycles. The number of quaternary nitrogens is 1. The lowest BCUT2D eigenvalue weighted by molar-refractivity contribution is 0.232. The van der Waals surface area contributed by atoms with Crippen molar-refractivity contribution in [3.05, 3.63) is 70.9 Å². The summed E-state index contributed by atoms with van der Waals surface area (Å²) in [4.78, 5) is 4.81. The van der Waals surface area contributed by atoms with E-state index >= 15 is 0 Å². The van der Waals surface area contributed by atoms with Crippen LogP contribution in [0.15, 0.2) is 59.6 Å². The number of piperidine rings is 1. The van der Waals surface area contributed by atoms with Gasteiger partial charge in [0, 0.05) is 37.6 Å². The van der Waals surface area contributed by atoms with E-state index < -0.39 is 0 Å². The molecule has 2 aliphatic heterocycles. The highest BCUT2D eigenvalue weighted by Gasteiger charge is 2.36. The lowest BCUT2D eigenvalue weighted by atomic mass is 9.97. The SMILES string of the molecule is [O-][N+]1(C2CCNCC2)CCN=C(c2ccccc2)c2ccccc21. The molecule has 1 atom stereocenters. The van der Waals surface area contributed by atoms with Gasteiger partial charge in [0.25, 0.3) is 0 Å². The predicted octanol–water partition coefficient (Wildman–Crippen LogP) is 3.09. The van der Waals surface area contributed by atoms with Crippen molar-refractivity contribution < 1.29 is 0 Å². The molecule has 1 N–H and O–H groups in total. The first kappa shape index (κ1) is 15.5. The number of nitrogens with zero attached hydrogens (tertiary/aromatic N) is 2. The van der Waals surface area contributed by atoms with E-state index in [-0.39, 0.29) is 10.7 Å². The molecule has 0 radical (unpaired) electrons. The second-order valence-electron chi connectivity index (χ2n) is 6.61. The van der Waals surface area contributed by atoms with E-state index in [4.69, 9.17) is 4.99 Å². The summed E-state index contributed by atoms with van der Waals surface area (Å²) in [6.07, 6.45) is 1.86. The van der Waals surface area contributed by atoms with E-state index in [0.717, 1.165) is 48.5 Å². The van der Waals surface area contributed by atoms with E-state index in [9.17, 15) is 5.21 Å². The summed E-state index contributed by atoms with van der Waals surface area (Å²) in [5.74, 6) is 0. The van der Waals surface area contributed by atoms with Gasteiger partial charge in [0.05, 0.1) is 23.9 Å². The molecule has 0 aliphatic carbocycles. The number of hydrogen-bond acceptors (Lipinski definition) is 3. The standard InChI is InChI=1S/C20H23N3O/c24-23(17-10-12-21-13-11-17)15-14-22-20(16-6-2-1-3-7-16)18-8-4-5-9-19(18)23/h1-9,17,21H,10-15H2. The zero-order chi connectivity index (χ0) is 16.4. The highest BCUT2D eigenvalue weighted by molar-refractivity contribution is 6.16. The minimum atomic E-state index is -0.238. The summed E-state index contributed by atoms with van der Waals surface area (Å²) in [6.45, 7) is 2.97. The van der Waals surface area contributed by atoms with Gasteiger partial charge in [0.15, 0.2) is 0 Å². The third-order valence-electron chi connectivity index (χ3n) is 5.21. The number of aliphatic imine (C=N–C) groups is 1. The molecule has 124 valence electrons. The number of benzodiazepines with no additional fused rings is 1. The van der Waals surface area contributed by atoms with Crippen LogP contribution < -0.4 is 9.96 Å². The summed E-state index contributed by atoms with van der Waals surface area (Å²) < 4.78 is -0.238. The van der Waals surface area contributed by atoms with Crippen LogP contribution in [-0.2, 0) is 0 Å². The van der Waals surface area contributed by atoms with Gasteiger partial charge >= 0.3 is 0 Å². The second kappa shape index (κ2) is 6.48. The van der Waals surface area contributed by atoms with E-state index in [1.807, 2.05) is 36.4 Å². The maximum absolute atomic E-state index is 13.9. The van der Waals surface area contributed by atoms with E-state index in [1.165, 1.54) is 0 Å². The van der Waals surface area contributed by atoms with Crippen molar-refractivity contribution in [1.29, 1.82) is 0 Å². The van der Waals surface area contributed by atoms with Gasteiger partial charge in [0.1, 0.15) is 12.2 Å². The van der Waals surface area contributed by atoms with Crippen molar-refractivity contribution in [2.24, 2.45) is 4.99 Å². The third-order valence-corrected chi connectivity index (χ3v) is 5.21. The summed E-state index contributed by atoms with van der Waals surface area (Å²) in [7, 11) is 0. The minimum absolute atomic E-state index is 0.123. The minimum Gasteiger partial charge on any atom is -0.627 e. The molecule has 2 aliphatic rings. The Balaban J connectivity index is 1.81. The van der Waals surface area contributed by atoms with Crippen molar-refractivity contribution in [2.45, 2.75) is 18.9 Å². The molecule has 1 unspecified atom stereocenters. The maximum atomic E-state index is 13.9. The van der Waals surface area contributed by atoms with Crippen molar-refractivity contribution in [2.75, 3.05) is 26.2 Å². The van der Waals surface area contributed by atoms with Crippen molar-refractivity contribution >= 4 is 11.4 Å². The van der Waals surface area contributed by atoms with Crippen molar-refractivity contribution in [3.8, 4) is 0 Å². The smallest absolute Gasteiger partial charge is 0.142 e. The van der Waals surface area contributed by atoms with Gasteiger partial charge < -0.3 is 15.2 Å². The van der Waals surface area contributed by atoms with Crippen LogP contribution in [0.5, 0.6) is 0 Å². The van der Waals surface area contributed by atoms with Crippen LogP contribution in [0.1, 0.15) is 24.0 Å². The van der Waals surface area contributed by atoms with Gasteiger partial charge in [-0.1, -0.05) is 42.5 Å². The molecule has 4 rings (SSSR count). The third kappa shape index (κ3) is 2.67. The molecule has 0 amide bonds. The first-order valence-corrected chi connectivity index (χ1v) is 8.78. The summed E-state index contributed by atoms with van der Waals surface area (Å²) in [5.41, 5.74) is 3.92. The normalized spacial score (nSPS) is 24.8. The number of benzene rings is 2. The Morgan fingerprint density at radius 1 is 0.958 bits per heavy atom. The fourth-order valence-electron chi connectivity index (χ4n) is 3.97. The van der Waals surface area contributed by atoms with Crippen LogP contribution in [0.4, 0.5) is 5.69 Å². The van der Waals surface area contributed by atoms with Crippen LogP contribution >= 0.6 is 0 Å². The van der Waals surface area contributed by atoms with Gasteiger partial charge in [-0.2, -0.15) is 0 Å². The van der Waals surface area contributed by atoms with E-state index in [1.54, 1.807) is 0 Å². The Morgan fingerprint density at radius 2 is 1.67 bits per heavy atom. The largest absolute Gasteiger partial charge is 0.627 e. The summed E-state index contributed by atoms with van der Waals surface area (Å²) in [6, 6.07) is 18.4. The molecule has 24 heavy (non-hydrogen) atoms. The van der Waals surface area contributed by atoms with Gasteiger partial charge in [-0.3, -0.25) is 4.99 Å². The van der Waals surface area contributed by atoms with Gasteiger partial charge in [-0.05, 0) is 6.07 Å². The molecular weight excluding hydrogens is 298 g/mol. The number of nitrogens with one attached hydrogen (secondary N) is 1. The highest BCUT2D eigenvalue weighted by Crippen LogP contribution is 2.35. The molecule has 2 aromatic carbocycles. The van der Waals surface area contributed by atoms with Gasteiger partial charge in [-0.25, -0.2) is 0 Å². The number of hydrogen-bond donors (Lipinski definition) is 1. The predicted molar refractivity (Wildman–Crippen MR) is 99.3 cm³/mol. The topological polar surface area (TPSA) is 47.4 Å². The zero-order valence-corrected chi connectivity index (χ0v) is 13.8. The van der Waals surface area contributed by atoms with Crippen LogP contribution in [-0.4, -0.2) is 37.9 Å². The molecule has 4 heteroatoms. The Kier molecular flexibility index (Phi) is 4.19. The number of fused-ring (bicyclic) bond motifs is 1. The summed E-state index contributed by atoms with van der Waals surface area (Å²) >= 11 is 0. The lowest BCUT2D eigenvalue weighted by Crippen LogP contribution is -2.56. The quantitative estimate of drug-likeness (QED) is 0.682. The van der Waals surface area contributed by atoms with E-state index in [2.05, 4.69) is 23.5 Å². The Bertz CT molecular complexity index is 738. The monoisotopic (exact) mass is 321 g/mol. The zero-order valence-electron chi connectivity index (χ0n) is 13.8. The van der Waals surface area contributed by atoms with Gasteiger partial charge in [0.2, 0.25) is 0 Å². The molecule has 0 bridgehead atoms. The number of hydroxylamine groups is 2. The van der Waals surface area contributed by atoms with Crippen molar-refractivity contribution in [3.63, 3.8) is 0 Å². The number of rotatable bonds is 2. The Labute approximate surface area is 143 Å². The first-order chi connectivity index (χ1) is 11.8. The maximum Gasteiger partial charge on any atom is 0.142 e. The highest BCUT2D eigenvalue weighted by atomic mass is 16.5. The van der Waals surface area contributed by atoms with Gasteiger partial charge in [-0.15, -0.1) is 0 Å². The van der Waals surface area contributed by atoms with Crippen LogP contribution in [0.2, 0.25) is 0 Å². The average Bonchev–Trinajstić information content (AvgIpc) is 2.81. The molecule has 1 fully saturated rings. The van der Waals surface area contributed by atoms with Crippen molar-refractivity contribution in [1.82, 2.24) is 9.96 Å². The second-order valence-corrected chi connectivity index (χ2v) is 6.61. The van der Waals surface area contributed by atoms with E-state index in [0.29, 0.717) is 13.1 Å². The lowest BCUT2D eigenvalue weighted by Gasteiger charge is -2.49. The molecule has 2 aromatic rings. The molecule has 4 nitrogen and oxygen atoms in total. The Hall–Kier alpha value is -2.01. The molecule has 0 aromatic heterocycles. The first-order valence-electron chi connectivity index (χ1n) is 8.78. The molecule has 2 heterocycles. The van der Waals surface area contributed by atoms with Crippen LogP contribution in [0.25, 0.3) is 0 Å². The number of para-hydroxylation sites is 1. The fourth-order valence-corrected chi connectivity index (χ4v) is 3.97. The molecule has 0 saturated carbocycles. The Morgan fingerprint density at radius 3 is 2.46 bits per heavy atom. The summed E-state index contributed by atoms with van der Waals surface area (Å²) in [5, 5.41) is 17.3. The van der Waals surface area contributed by atoms with Crippen LogP contribution in [0.3, 0.4) is 0 Å². The average molecular weight is 321 g/mol.